The summed E-state index contributed by atoms with van der Waals surface area (Å²) in [6, 6.07) is 27.8. The lowest BCUT2D eigenvalue weighted by Crippen LogP contribution is -2.49. The van der Waals surface area contributed by atoms with Crippen LogP contribution in [-0.4, -0.2) is 47.1 Å². The number of nitrogens with zero attached hydrogens (tertiary/aromatic N) is 3. The third kappa shape index (κ3) is 4.91. The van der Waals surface area contributed by atoms with Crippen molar-refractivity contribution >= 4 is 45.6 Å². The largest absolute Gasteiger partial charge is 0.368 e. The number of rotatable bonds is 4. The van der Waals surface area contributed by atoms with Crippen LogP contribution in [0.3, 0.4) is 0 Å². The third-order valence-corrected chi connectivity index (χ3v) is 9.26. The number of benzene rings is 4. The Labute approximate surface area is 241 Å². The molecule has 0 bridgehead atoms. The van der Waals surface area contributed by atoms with Gasteiger partial charge in [-0.3, -0.25) is 9.59 Å². The fourth-order valence-electron chi connectivity index (χ4n) is 5.38. The van der Waals surface area contributed by atoms with Crippen LogP contribution in [0.15, 0.2) is 101 Å². The number of carbonyl (C=O) groups excluding carboxylic acids is 2. The van der Waals surface area contributed by atoms with Gasteiger partial charge in [0.05, 0.1) is 38.4 Å². The smallest absolute Gasteiger partial charge is 0.259 e. The zero-order chi connectivity index (χ0) is 27.8. The van der Waals surface area contributed by atoms with Crippen molar-refractivity contribution < 1.29 is 13.8 Å². The summed E-state index contributed by atoms with van der Waals surface area (Å²) >= 11 is 6.24. The predicted molar refractivity (Wildman–Crippen MR) is 159 cm³/mol. The molecule has 8 heteroatoms. The Kier molecular flexibility index (Phi) is 7.17. The average Bonchev–Trinajstić information content (AvgIpc) is 3.08. The summed E-state index contributed by atoms with van der Waals surface area (Å²) in [5.41, 5.74) is 4.56. The number of aryl methyl sites for hydroxylation is 1. The lowest BCUT2D eigenvalue weighted by molar-refractivity contribution is 0.0746. The summed E-state index contributed by atoms with van der Waals surface area (Å²) in [5.74, 6) is -0.341. The van der Waals surface area contributed by atoms with Gasteiger partial charge in [-0.25, -0.2) is 4.21 Å². The second-order valence-corrected chi connectivity index (χ2v) is 11.9. The van der Waals surface area contributed by atoms with Gasteiger partial charge in [0.1, 0.15) is 0 Å². The molecule has 1 saturated heterocycles. The second kappa shape index (κ2) is 10.9. The van der Waals surface area contributed by atoms with E-state index in [2.05, 4.69) is 11.8 Å². The predicted octanol–water partition coefficient (Wildman–Crippen LogP) is 5.94. The van der Waals surface area contributed by atoms with E-state index in [0.29, 0.717) is 64.4 Å². The Morgan fingerprint density at radius 1 is 0.825 bits per heavy atom. The van der Waals surface area contributed by atoms with Crippen molar-refractivity contribution in [2.75, 3.05) is 36.0 Å². The molecule has 6 nitrogen and oxygen atoms in total. The van der Waals surface area contributed by atoms with Crippen LogP contribution in [0.1, 0.15) is 31.8 Å². The molecule has 0 aromatic heterocycles. The lowest BCUT2D eigenvalue weighted by Gasteiger charge is -2.37. The van der Waals surface area contributed by atoms with Crippen molar-refractivity contribution in [3.8, 4) is 0 Å². The summed E-state index contributed by atoms with van der Waals surface area (Å²) < 4.78 is 13.7. The molecule has 6 rings (SSSR count). The first-order valence-electron chi connectivity index (χ1n) is 13.2. The first kappa shape index (κ1) is 26.3. The van der Waals surface area contributed by atoms with Crippen molar-refractivity contribution in [2.45, 2.75) is 23.3 Å². The molecule has 2 heterocycles. The maximum atomic E-state index is 13.8. The van der Waals surface area contributed by atoms with E-state index >= 15 is 0 Å². The van der Waals surface area contributed by atoms with E-state index in [1.54, 1.807) is 47.4 Å². The van der Waals surface area contributed by atoms with E-state index in [1.807, 2.05) is 53.4 Å². The summed E-state index contributed by atoms with van der Waals surface area (Å²) in [6.07, 6.45) is 0. The Bertz CT molecular complexity index is 1630. The fraction of sp³-hybridized carbons (Fsp3) is 0.188. The number of hydrogen-bond acceptors (Lipinski definition) is 4. The van der Waals surface area contributed by atoms with Crippen LogP contribution >= 0.6 is 11.6 Å². The zero-order valence-electron chi connectivity index (χ0n) is 22.0. The van der Waals surface area contributed by atoms with Crippen LogP contribution in [0.25, 0.3) is 0 Å². The number of hydrogen-bond donors (Lipinski definition) is 0. The standard InChI is InChI=1S/C32H28ClN3O3S/c1-22-11-13-25(33)20-27(22)34-15-17-35(18-16-34)31(37)24-12-14-30-28(19-24)36(21-23-7-3-2-4-8-23)32(38)26-9-5-6-10-29(26)40(30)39/h2-14,19-20H,15-18,21H2,1H3/t40-/m1/s1. The van der Waals surface area contributed by atoms with Gasteiger partial charge in [-0.05, 0) is 60.5 Å². The zero-order valence-corrected chi connectivity index (χ0v) is 23.6. The van der Waals surface area contributed by atoms with Crippen molar-refractivity contribution in [1.29, 1.82) is 0 Å². The molecule has 0 radical (unpaired) electrons. The van der Waals surface area contributed by atoms with Gasteiger partial charge in [-0.1, -0.05) is 60.1 Å². The Morgan fingerprint density at radius 2 is 1.55 bits per heavy atom. The number of piperazine rings is 1. The first-order valence-corrected chi connectivity index (χ1v) is 14.7. The molecule has 4 aromatic carbocycles. The summed E-state index contributed by atoms with van der Waals surface area (Å²) in [7, 11) is -1.57. The van der Waals surface area contributed by atoms with Crippen LogP contribution in [0.2, 0.25) is 5.02 Å². The Morgan fingerprint density at radius 3 is 2.33 bits per heavy atom. The van der Waals surface area contributed by atoms with E-state index in [0.717, 1.165) is 16.8 Å². The molecule has 1 fully saturated rings. The summed E-state index contributed by atoms with van der Waals surface area (Å²) in [4.78, 5) is 34.3. The van der Waals surface area contributed by atoms with Gasteiger partial charge >= 0.3 is 0 Å². The number of carbonyl (C=O) groups is 2. The monoisotopic (exact) mass is 569 g/mol. The number of anilines is 2. The highest BCUT2D eigenvalue weighted by molar-refractivity contribution is 7.85. The van der Waals surface area contributed by atoms with Gasteiger partial charge < -0.3 is 14.7 Å². The van der Waals surface area contributed by atoms with Gasteiger partial charge in [-0.2, -0.15) is 0 Å². The summed E-state index contributed by atoms with van der Waals surface area (Å²) in [6.45, 7) is 4.86. The summed E-state index contributed by atoms with van der Waals surface area (Å²) in [5, 5.41) is 0.693. The SMILES string of the molecule is Cc1ccc(Cl)cc1N1CCN(C(=O)c2ccc3c(c2)N(Cc2ccccc2)C(=O)c2ccccc2[S@]3=O)CC1. The van der Waals surface area contributed by atoms with Gasteiger partial charge in [0.2, 0.25) is 0 Å². The van der Waals surface area contributed by atoms with E-state index < -0.39 is 10.8 Å². The number of amides is 2. The minimum absolute atomic E-state index is 0.107. The molecule has 0 spiro atoms. The molecule has 0 unspecified atom stereocenters. The van der Waals surface area contributed by atoms with Gasteiger partial charge in [0.15, 0.2) is 0 Å². The molecule has 202 valence electrons. The lowest BCUT2D eigenvalue weighted by atomic mass is 10.1. The van der Waals surface area contributed by atoms with Crippen LogP contribution in [0.5, 0.6) is 0 Å². The molecule has 2 aliphatic heterocycles. The Hall–Kier alpha value is -3.94. The highest BCUT2D eigenvalue weighted by Crippen LogP contribution is 2.36. The molecule has 0 aliphatic carbocycles. The minimum atomic E-state index is -1.57. The molecular formula is C32H28ClN3O3S. The minimum Gasteiger partial charge on any atom is -0.368 e. The quantitative estimate of drug-likeness (QED) is 0.305. The highest BCUT2D eigenvalue weighted by Gasteiger charge is 2.32. The molecule has 40 heavy (non-hydrogen) atoms. The maximum absolute atomic E-state index is 13.8. The van der Waals surface area contributed by atoms with E-state index in [1.165, 1.54) is 0 Å². The number of halogens is 1. The second-order valence-electron chi connectivity index (χ2n) is 10.0. The van der Waals surface area contributed by atoms with Gasteiger partial charge in [0.25, 0.3) is 11.8 Å². The maximum Gasteiger partial charge on any atom is 0.259 e. The molecule has 2 aliphatic rings. The topological polar surface area (TPSA) is 60.9 Å². The normalized spacial score (nSPS) is 16.8. The molecule has 0 saturated carbocycles. The highest BCUT2D eigenvalue weighted by atomic mass is 35.5. The van der Waals surface area contributed by atoms with Crippen LogP contribution < -0.4 is 9.80 Å². The van der Waals surface area contributed by atoms with Gasteiger partial charge in [0, 0.05) is 42.5 Å². The van der Waals surface area contributed by atoms with Gasteiger partial charge in [-0.15, -0.1) is 0 Å². The number of fused-ring (bicyclic) bond motifs is 2. The van der Waals surface area contributed by atoms with Crippen molar-refractivity contribution in [3.63, 3.8) is 0 Å². The van der Waals surface area contributed by atoms with Crippen molar-refractivity contribution in [3.05, 3.63) is 118 Å². The fourth-order valence-corrected chi connectivity index (χ4v) is 6.89. The van der Waals surface area contributed by atoms with Crippen LogP contribution in [-0.2, 0) is 17.3 Å². The molecule has 1 atom stereocenters. The average molecular weight is 570 g/mol. The van der Waals surface area contributed by atoms with Crippen LogP contribution in [0, 0.1) is 6.92 Å². The van der Waals surface area contributed by atoms with E-state index in [-0.39, 0.29) is 11.8 Å². The van der Waals surface area contributed by atoms with Crippen molar-refractivity contribution in [2.24, 2.45) is 0 Å². The first-order chi connectivity index (χ1) is 19.4. The van der Waals surface area contributed by atoms with E-state index in [9.17, 15) is 13.8 Å². The molecule has 2 amide bonds. The third-order valence-electron chi connectivity index (χ3n) is 7.52. The molecular weight excluding hydrogens is 542 g/mol. The van der Waals surface area contributed by atoms with E-state index in [4.69, 9.17) is 11.6 Å². The van der Waals surface area contributed by atoms with Crippen LogP contribution in [0.4, 0.5) is 11.4 Å². The molecule has 0 N–H and O–H groups in total. The Balaban J connectivity index is 1.31. The van der Waals surface area contributed by atoms with Crippen molar-refractivity contribution in [1.82, 2.24) is 4.90 Å². The molecule has 4 aromatic rings.